The number of hydrogen-bond donors (Lipinski definition) is 0. The van der Waals surface area contributed by atoms with Crippen LogP contribution in [0.15, 0.2) is 146 Å². The van der Waals surface area contributed by atoms with Crippen molar-refractivity contribution in [3.63, 3.8) is 0 Å². The number of hydrogen-bond acceptors (Lipinski definition) is 0. The number of rotatable bonds is 4. The molecule has 2 aromatic heterocycles. The summed E-state index contributed by atoms with van der Waals surface area (Å²) in [5.74, 6) is 0. The number of benzene rings is 6. The highest BCUT2D eigenvalue weighted by Gasteiger charge is 2.15. The van der Waals surface area contributed by atoms with Crippen molar-refractivity contribution in [2.45, 2.75) is 12.8 Å². The largest absolute Gasteiger partial charge is 0.310 e. The van der Waals surface area contributed by atoms with Gasteiger partial charge in [-0.1, -0.05) is 103 Å². The second-order valence-corrected chi connectivity index (χ2v) is 11.7. The molecule has 0 aliphatic heterocycles. The Morgan fingerprint density at radius 1 is 0.364 bits per heavy atom. The van der Waals surface area contributed by atoms with E-state index in [1.807, 2.05) is 0 Å². The van der Waals surface area contributed by atoms with Crippen LogP contribution in [0.25, 0.3) is 78.5 Å². The van der Waals surface area contributed by atoms with Crippen LogP contribution < -0.4 is 10.6 Å². The summed E-state index contributed by atoms with van der Waals surface area (Å²) in [5.41, 5.74) is 11.1. The zero-order valence-electron chi connectivity index (χ0n) is 24.3. The molecule has 0 saturated heterocycles. The topological polar surface area (TPSA) is 9.86 Å². The van der Waals surface area contributed by atoms with Gasteiger partial charge >= 0.3 is 0 Å². The lowest BCUT2D eigenvalue weighted by Crippen LogP contribution is -2.30. The summed E-state index contributed by atoms with van der Waals surface area (Å²) in [6.45, 7) is 0. The molecule has 2 nitrogen and oxygen atoms in total. The first-order chi connectivity index (χ1) is 21.8. The SMILES string of the molecule is C1=c2c(n(-c3ccc(-c4ccccc4)cc3)c3ccc(-c4ccc5c(c4)c4ccccc4n5-c4ccccc4)cc23)=CCC1. The van der Waals surface area contributed by atoms with E-state index < -0.39 is 0 Å². The van der Waals surface area contributed by atoms with Crippen LogP contribution in [0.3, 0.4) is 0 Å². The van der Waals surface area contributed by atoms with Crippen LogP contribution in [0.2, 0.25) is 0 Å². The normalized spacial score (nSPS) is 12.7. The van der Waals surface area contributed by atoms with E-state index in [9.17, 15) is 0 Å². The third kappa shape index (κ3) is 3.88. The first-order valence-corrected chi connectivity index (χ1v) is 15.4. The fourth-order valence-electron chi connectivity index (χ4n) is 7.10. The van der Waals surface area contributed by atoms with Gasteiger partial charge in [0.15, 0.2) is 0 Å². The first kappa shape index (κ1) is 24.9. The zero-order chi connectivity index (χ0) is 29.0. The molecule has 0 radical (unpaired) electrons. The molecule has 44 heavy (non-hydrogen) atoms. The Morgan fingerprint density at radius 2 is 0.909 bits per heavy atom. The fraction of sp³-hybridized carbons (Fsp3) is 0.0476. The third-order valence-electron chi connectivity index (χ3n) is 9.15. The van der Waals surface area contributed by atoms with E-state index in [1.165, 1.54) is 76.9 Å². The molecule has 0 unspecified atom stereocenters. The van der Waals surface area contributed by atoms with Crippen molar-refractivity contribution in [1.29, 1.82) is 0 Å². The minimum Gasteiger partial charge on any atom is -0.310 e. The standard InChI is InChI=1S/C42H30N2/c1-3-11-29(12-4-1)30-19-23-34(24-20-30)44-40-18-10-8-16-36(40)38-28-32(22-26-42(38)44)31-21-25-41-37(27-31)35-15-7-9-17-39(35)43(41)33-13-5-2-6-14-33/h1-7,9,11-28H,8,10H2. The van der Waals surface area contributed by atoms with Crippen LogP contribution in [0, 0.1) is 0 Å². The molecule has 1 aliphatic rings. The van der Waals surface area contributed by atoms with E-state index >= 15 is 0 Å². The van der Waals surface area contributed by atoms with Crippen LogP contribution in [0.4, 0.5) is 0 Å². The summed E-state index contributed by atoms with van der Waals surface area (Å²) in [7, 11) is 0. The molecule has 2 heterocycles. The molecule has 0 N–H and O–H groups in total. The molecule has 0 saturated carbocycles. The molecule has 0 amide bonds. The van der Waals surface area contributed by atoms with Crippen molar-refractivity contribution in [2.75, 3.05) is 0 Å². The van der Waals surface area contributed by atoms with Crippen LogP contribution in [-0.2, 0) is 0 Å². The maximum absolute atomic E-state index is 2.44. The van der Waals surface area contributed by atoms with Gasteiger partial charge in [0, 0.05) is 38.1 Å². The van der Waals surface area contributed by atoms with Gasteiger partial charge in [-0.25, -0.2) is 0 Å². The first-order valence-electron chi connectivity index (χ1n) is 15.4. The Labute approximate surface area is 256 Å². The summed E-state index contributed by atoms with van der Waals surface area (Å²) in [6, 6.07) is 53.0. The average molecular weight is 563 g/mol. The summed E-state index contributed by atoms with van der Waals surface area (Å²) < 4.78 is 4.82. The predicted octanol–water partition coefficient (Wildman–Crippen LogP) is 9.42. The second-order valence-electron chi connectivity index (χ2n) is 11.7. The maximum atomic E-state index is 2.44. The highest BCUT2D eigenvalue weighted by Crippen LogP contribution is 2.35. The summed E-state index contributed by atoms with van der Waals surface area (Å²) in [6.07, 6.45) is 6.98. The number of fused-ring (bicyclic) bond motifs is 6. The van der Waals surface area contributed by atoms with Crippen molar-refractivity contribution >= 4 is 44.9 Å². The van der Waals surface area contributed by atoms with Crippen LogP contribution >= 0.6 is 0 Å². The number of para-hydroxylation sites is 2. The van der Waals surface area contributed by atoms with Gasteiger partial charge in [0.05, 0.1) is 16.6 Å². The smallest absolute Gasteiger partial charge is 0.0541 e. The Morgan fingerprint density at radius 3 is 1.68 bits per heavy atom. The Kier molecular flexibility index (Phi) is 5.67. The Hall–Kier alpha value is -5.60. The van der Waals surface area contributed by atoms with Gasteiger partial charge in [0.1, 0.15) is 0 Å². The van der Waals surface area contributed by atoms with Gasteiger partial charge in [-0.05, 0) is 89.7 Å². The predicted molar refractivity (Wildman–Crippen MR) is 186 cm³/mol. The van der Waals surface area contributed by atoms with E-state index in [0.717, 1.165) is 12.8 Å². The molecule has 9 rings (SSSR count). The van der Waals surface area contributed by atoms with Gasteiger partial charge < -0.3 is 9.13 Å². The van der Waals surface area contributed by atoms with Crippen LogP contribution in [-0.4, -0.2) is 9.13 Å². The summed E-state index contributed by atoms with van der Waals surface area (Å²) in [4.78, 5) is 0. The quantitative estimate of drug-likeness (QED) is 0.202. The molecule has 8 aromatic rings. The molecule has 0 spiro atoms. The molecular weight excluding hydrogens is 532 g/mol. The second kappa shape index (κ2) is 10.00. The summed E-state index contributed by atoms with van der Waals surface area (Å²) >= 11 is 0. The molecule has 2 heteroatoms. The molecule has 6 aromatic carbocycles. The molecule has 0 fully saturated rings. The minimum absolute atomic E-state index is 1.07. The molecule has 208 valence electrons. The van der Waals surface area contributed by atoms with Crippen molar-refractivity contribution in [3.05, 3.63) is 156 Å². The minimum atomic E-state index is 1.07. The van der Waals surface area contributed by atoms with Gasteiger partial charge in [-0.3, -0.25) is 0 Å². The fourth-order valence-corrected chi connectivity index (χ4v) is 7.10. The lowest BCUT2D eigenvalue weighted by Gasteiger charge is -2.10. The van der Waals surface area contributed by atoms with Crippen molar-refractivity contribution in [1.82, 2.24) is 9.13 Å². The average Bonchev–Trinajstić information content (AvgIpc) is 3.61. The van der Waals surface area contributed by atoms with E-state index in [0.29, 0.717) is 0 Å². The molecule has 1 aliphatic carbocycles. The van der Waals surface area contributed by atoms with E-state index in [1.54, 1.807) is 0 Å². The van der Waals surface area contributed by atoms with Crippen molar-refractivity contribution in [3.8, 4) is 33.6 Å². The van der Waals surface area contributed by atoms with E-state index in [4.69, 9.17) is 0 Å². The lowest BCUT2D eigenvalue weighted by atomic mass is 10.0. The number of nitrogens with zero attached hydrogens (tertiary/aromatic N) is 2. The Bertz CT molecular complexity index is 2460. The van der Waals surface area contributed by atoms with Crippen LogP contribution in [0.5, 0.6) is 0 Å². The highest BCUT2D eigenvalue weighted by atomic mass is 15.0. The third-order valence-corrected chi connectivity index (χ3v) is 9.15. The molecular formula is C42H30N2. The highest BCUT2D eigenvalue weighted by molar-refractivity contribution is 6.10. The summed E-state index contributed by atoms with van der Waals surface area (Å²) in [5, 5.41) is 6.52. The number of aromatic nitrogens is 2. The molecule has 0 atom stereocenters. The van der Waals surface area contributed by atoms with Crippen molar-refractivity contribution < 1.29 is 0 Å². The lowest BCUT2D eigenvalue weighted by molar-refractivity contribution is 1.02. The van der Waals surface area contributed by atoms with Crippen LogP contribution in [0.1, 0.15) is 12.8 Å². The van der Waals surface area contributed by atoms with Gasteiger partial charge in [-0.15, -0.1) is 0 Å². The Balaban J connectivity index is 1.20. The van der Waals surface area contributed by atoms with Gasteiger partial charge in [0.25, 0.3) is 0 Å². The monoisotopic (exact) mass is 562 g/mol. The molecule has 0 bridgehead atoms. The van der Waals surface area contributed by atoms with Gasteiger partial charge in [0.2, 0.25) is 0 Å². The maximum Gasteiger partial charge on any atom is 0.0541 e. The van der Waals surface area contributed by atoms with E-state index in [2.05, 4.69) is 167 Å². The zero-order valence-corrected chi connectivity index (χ0v) is 24.3. The van der Waals surface area contributed by atoms with Crippen molar-refractivity contribution in [2.24, 2.45) is 0 Å². The van der Waals surface area contributed by atoms with E-state index in [-0.39, 0.29) is 0 Å². The van der Waals surface area contributed by atoms with Gasteiger partial charge in [-0.2, -0.15) is 0 Å².